The van der Waals surface area contributed by atoms with Crippen molar-refractivity contribution >= 4 is 0 Å². The number of rotatable bonds is 8. The Hall–Kier alpha value is -1.57. The number of hydrogen-bond donors (Lipinski definition) is 1. The molecule has 0 aliphatic heterocycles. The summed E-state index contributed by atoms with van der Waals surface area (Å²) in [5, 5.41) is 12.2. The van der Waals surface area contributed by atoms with Crippen LogP contribution in [0.1, 0.15) is 12.0 Å². The summed E-state index contributed by atoms with van der Waals surface area (Å²) in [6.45, 7) is 3.59. The Morgan fingerprint density at radius 2 is 2.06 bits per heavy atom. The number of benzene rings is 1. The van der Waals surface area contributed by atoms with Crippen molar-refractivity contribution in [3.63, 3.8) is 0 Å². The van der Waals surface area contributed by atoms with Crippen molar-refractivity contribution in [1.82, 2.24) is 10.2 Å². The van der Waals surface area contributed by atoms with Gasteiger partial charge < -0.3 is 15.0 Å². The highest BCUT2D eigenvalue weighted by Gasteiger charge is 2.00. The Labute approximate surface area is 109 Å². The lowest BCUT2D eigenvalue weighted by molar-refractivity contribution is 0.305. The molecule has 0 heterocycles. The molecule has 4 nitrogen and oxygen atoms in total. The SMILES string of the molecule is CN(C)CCNCCCOc1ccccc1C#N. The van der Waals surface area contributed by atoms with E-state index in [9.17, 15) is 0 Å². The van der Waals surface area contributed by atoms with Gasteiger partial charge in [-0.3, -0.25) is 0 Å². The van der Waals surface area contributed by atoms with Gasteiger partial charge in [0.2, 0.25) is 0 Å². The predicted octanol–water partition coefficient (Wildman–Crippen LogP) is 1.48. The molecule has 0 aliphatic rings. The van der Waals surface area contributed by atoms with Crippen LogP contribution in [0.2, 0.25) is 0 Å². The third-order valence-corrected chi connectivity index (χ3v) is 2.50. The first-order valence-electron chi connectivity index (χ1n) is 6.21. The van der Waals surface area contributed by atoms with Gasteiger partial charge in [-0.1, -0.05) is 12.1 Å². The van der Waals surface area contributed by atoms with Crippen LogP contribution in [-0.2, 0) is 0 Å². The molecule has 0 amide bonds. The number of nitrogens with one attached hydrogen (secondary N) is 1. The minimum Gasteiger partial charge on any atom is -0.492 e. The van der Waals surface area contributed by atoms with Crippen molar-refractivity contribution in [2.45, 2.75) is 6.42 Å². The van der Waals surface area contributed by atoms with E-state index in [1.54, 1.807) is 6.07 Å². The molecule has 1 rings (SSSR count). The Kier molecular flexibility index (Phi) is 6.85. The molecule has 1 aromatic carbocycles. The first-order valence-corrected chi connectivity index (χ1v) is 6.21. The average molecular weight is 247 g/mol. The van der Waals surface area contributed by atoms with Crippen LogP contribution in [0.15, 0.2) is 24.3 Å². The lowest BCUT2D eigenvalue weighted by Gasteiger charge is -2.11. The van der Waals surface area contributed by atoms with E-state index in [4.69, 9.17) is 10.00 Å². The Bertz CT molecular complexity index is 385. The fourth-order valence-corrected chi connectivity index (χ4v) is 1.49. The van der Waals surface area contributed by atoms with Crippen LogP contribution in [0.4, 0.5) is 0 Å². The maximum Gasteiger partial charge on any atom is 0.137 e. The minimum atomic E-state index is 0.595. The third-order valence-electron chi connectivity index (χ3n) is 2.50. The number of nitrogens with zero attached hydrogens (tertiary/aromatic N) is 2. The summed E-state index contributed by atoms with van der Waals surface area (Å²) in [6.07, 6.45) is 0.938. The van der Waals surface area contributed by atoms with Crippen molar-refractivity contribution in [3.8, 4) is 11.8 Å². The van der Waals surface area contributed by atoms with Gasteiger partial charge in [0.05, 0.1) is 12.2 Å². The van der Waals surface area contributed by atoms with Crippen LogP contribution >= 0.6 is 0 Å². The van der Waals surface area contributed by atoms with Crippen molar-refractivity contribution in [2.75, 3.05) is 40.3 Å². The van der Waals surface area contributed by atoms with Gasteiger partial charge >= 0.3 is 0 Å². The fraction of sp³-hybridized carbons (Fsp3) is 0.500. The van der Waals surface area contributed by atoms with Crippen LogP contribution in [0.3, 0.4) is 0 Å². The standard InChI is InChI=1S/C14H21N3O/c1-17(2)10-9-16-8-5-11-18-14-7-4-3-6-13(14)12-15/h3-4,6-7,16H,5,8-11H2,1-2H3. The molecule has 98 valence electrons. The summed E-state index contributed by atoms with van der Waals surface area (Å²) < 4.78 is 5.58. The first kappa shape index (κ1) is 14.5. The summed E-state index contributed by atoms with van der Waals surface area (Å²) in [6, 6.07) is 9.44. The molecule has 0 saturated heterocycles. The maximum atomic E-state index is 8.90. The van der Waals surface area contributed by atoms with Gasteiger partial charge in [-0.15, -0.1) is 0 Å². The van der Waals surface area contributed by atoms with Crippen LogP contribution in [0, 0.1) is 11.3 Å². The predicted molar refractivity (Wildman–Crippen MR) is 72.7 cm³/mol. The van der Waals surface area contributed by atoms with Crippen molar-refractivity contribution in [2.24, 2.45) is 0 Å². The average Bonchev–Trinajstić information content (AvgIpc) is 2.37. The van der Waals surface area contributed by atoms with E-state index in [0.717, 1.165) is 26.1 Å². The Morgan fingerprint density at radius 1 is 1.28 bits per heavy atom. The zero-order chi connectivity index (χ0) is 13.2. The summed E-state index contributed by atoms with van der Waals surface area (Å²) in [5.74, 6) is 0.674. The van der Waals surface area contributed by atoms with Gasteiger partial charge in [-0.2, -0.15) is 5.26 Å². The molecular formula is C14H21N3O. The largest absolute Gasteiger partial charge is 0.492 e. The van der Waals surface area contributed by atoms with Crippen LogP contribution in [0.5, 0.6) is 5.75 Å². The van der Waals surface area contributed by atoms with E-state index >= 15 is 0 Å². The van der Waals surface area contributed by atoms with Crippen molar-refractivity contribution < 1.29 is 4.74 Å². The molecule has 0 radical (unpaired) electrons. The van der Waals surface area contributed by atoms with Gasteiger partial charge in [-0.25, -0.2) is 0 Å². The quantitative estimate of drug-likeness (QED) is 0.707. The van der Waals surface area contributed by atoms with Crippen LogP contribution in [-0.4, -0.2) is 45.2 Å². The highest BCUT2D eigenvalue weighted by atomic mass is 16.5. The van der Waals surface area contributed by atoms with Crippen molar-refractivity contribution in [3.05, 3.63) is 29.8 Å². The molecule has 18 heavy (non-hydrogen) atoms. The zero-order valence-corrected chi connectivity index (χ0v) is 11.1. The molecule has 1 aromatic rings. The number of nitriles is 1. The zero-order valence-electron chi connectivity index (χ0n) is 11.1. The summed E-state index contributed by atoms with van der Waals surface area (Å²) >= 11 is 0. The molecule has 0 aliphatic carbocycles. The first-order chi connectivity index (χ1) is 8.74. The minimum absolute atomic E-state index is 0.595. The van der Waals surface area contributed by atoms with Crippen LogP contribution < -0.4 is 10.1 Å². The Morgan fingerprint density at radius 3 is 2.78 bits per heavy atom. The van der Waals surface area contributed by atoms with Gasteiger partial charge in [0.15, 0.2) is 0 Å². The molecule has 0 fully saturated rings. The molecule has 0 aromatic heterocycles. The summed E-state index contributed by atoms with van der Waals surface area (Å²) in [7, 11) is 4.12. The highest BCUT2D eigenvalue weighted by Crippen LogP contribution is 2.16. The lowest BCUT2D eigenvalue weighted by Crippen LogP contribution is -2.27. The molecule has 0 atom stereocenters. The molecule has 0 bridgehead atoms. The lowest BCUT2D eigenvalue weighted by atomic mass is 10.2. The molecule has 0 saturated carbocycles. The van der Waals surface area contributed by atoms with E-state index in [2.05, 4.69) is 30.4 Å². The topological polar surface area (TPSA) is 48.3 Å². The molecular weight excluding hydrogens is 226 g/mol. The molecule has 1 N–H and O–H groups in total. The molecule has 0 unspecified atom stereocenters. The summed E-state index contributed by atoms with van der Waals surface area (Å²) in [5.41, 5.74) is 0.595. The van der Waals surface area contributed by atoms with E-state index in [1.807, 2.05) is 18.2 Å². The second-order valence-corrected chi connectivity index (χ2v) is 4.36. The normalized spacial score (nSPS) is 10.3. The van der Waals surface area contributed by atoms with Gasteiger partial charge in [-0.05, 0) is 39.2 Å². The third kappa shape index (κ3) is 5.67. The number of ether oxygens (including phenoxy) is 1. The Balaban J connectivity index is 2.13. The second kappa shape index (κ2) is 8.51. The van der Waals surface area contributed by atoms with E-state index in [0.29, 0.717) is 17.9 Å². The van der Waals surface area contributed by atoms with E-state index < -0.39 is 0 Å². The molecule has 0 spiro atoms. The smallest absolute Gasteiger partial charge is 0.137 e. The van der Waals surface area contributed by atoms with Gasteiger partial charge in [0.1, 0.15) is 11.8 Å². The van der Waals surface area contributed by atoms with Crippen molar-refractivity contribution in [1.29, 1.82) is 5.26 Å². The maximum absolute atomic E-state index is 8.90. The monoisotopic (exact) mass is 247 g/mol. The number of para-hydroxylation sites is 1. The fourth-order valence-electron chi connectivity index (χ4n) is 1.49. The number of hydrogen-bond acceptors (Lipinski definition) is 4. The van der Waals surface area contributed by atoms with E-state index in [1.165, 1.54) is 0 Å². The van der Waals surface area contributed by atoms with E-state index in [-0.39, 0.29) is 0 Å². The van der Waals surface area contributed by atoms with Gasteiger partial charge in [0.25, 0.3) is 0 Å². The van der Waals surface area contributed by atoms with Crippen LogP contribution in [0.25, 0.3) is 0 Å². The second-order valence-electron chi connectivity index (χ2n) is 4.36. The van der Waals surface area contributed by atoms with Gasteiger partial charge in [0, 0.05) is 13.1 Å². The number of likely N-dealkylation sites (N-methyl/N-ethyl adjacent to an activating group) is 1. The highest BCUT2D eigenvalue weighted by molar-refractivity contribution is 5.42. The molecule has 4 heteroatoms. The summed E-state index contributed by atoms with van der Waals surface area (Å²) in [4.78, 5) is 2.15.